The second kappa shape index (κ2) is 4.53. The van der Waals surface area contributed by atoms with E-state index in [2.05, 4.69) is 0 Å². The summed E-state index contributed by atoms with van der Waals surface area (Å²) in [5.74, 6) is 0.765. The van der Waals surface area contributed by atoms with Crippen molar-refractivity contribution in [2.24, 2.45) is 0 Å². The number of anilines is 1. The quantitative estimate of drug-likeness (QED) is 0.799. The van der Waals surface area contributed by atoms with Gasteiger partial charge in [-0.2, -0.15) is 0 Å². The van der Waals surface area contributed by atoms with Gasteiger partial charge in [-0.1, -0.05) is 0 Å². The van der Waals surface area contributed by atoms with Gasteiger partial charge < -0.3 is 20.3 Å². The summed E-state index contributed by atoms with van der Waals surface area (Å²) in [5, 5.41) is 0. The standard InChI is InChI=1S/C12H17N3O2/c1-14-5-6-15(12(14)16)8-9-7-10(13)3-4-11(9)17-2/h3-4,7H,5-6,8,13H2,1-2H3. The number of hydrogen-bond acceptors (Lipinski definition) is 3. The van der Waals surface area contributed by atoms with Crippen LogP contribution in [0.1, 0.15) is 5.56 Å². The number of nitrogens with zero attached hydrogens (tertiary/aromatic N) is 2. The predicted octanol–water partition coefficient (Wildman–Crippen LogP) is 1.14. The Balaban J connectivity index is 2.18. The van der Waals surface area contributed by atoms with E-state index in [1.807, 2.05) is 12.1 Å². The first-order valence-electron chi connectivity index (χ1n) is 5.54. The molecule has 1 saturated heterocycles. The number of carbonyl (C=O) groups excluding carboxylic acids is 1. The molecule has 0 saturated carbocycles. The molecular weight excluding hydrogens is 218 g/mol. The van der Waals surface area contributed by atoms with Gasteiger partial charge in [0, 0.05) is 31.4 Å². The molecule has 1 fully saturated rings. The molecule has 1 aliphatic rings. The number of methoxy groups -OCH3 is 1. The molecule has 0 aromatic heterocycles. The average molecular weight is 235 g/mol. The second-order valence-electron chi connectivity index (χ2n) is 4.20. The maximum Gasteiger partial charge on any atom is 0.320 e. The summed E-state index contributed by atoms with van der Waals surface area (Å²) in [6.45, 7) is 2.05. The number of amides is 2. The molecule has 17 heavy (non-hydrogen) atoms. The zero-order valence-corrected chi connectivity index (χ0v) is 10.1. The molecule has 0 spiro atoms. The topological polar surface area (TPSA) is 58.8 Å². The fourth-order valence-electron chi connectivity index (χ4n) is 1.98. The first-order chi connectivity index (χ1) is 8.11. The molecule has 1 aromatic rings. The molecule has 2 N–H and O–H groups in total. The van der Waals surface area contributed by atoms with Crippen LogP contribution in [0.4, 0.5) is 10.5 Å². The predicted molar refractivity (Wildman–Crippen MR) is 65.8 cm³/mol. The zero-order valence-electron chi connectivity index (χ0n) is 10.1. The summed E-state index contributed by atoms with van der Waals surface area (Å²) in [6.07, 6.45) is 0. The Labute approximate surface area is 101 Å². The number of nitrogen functional groups attached to an aromatic ring is 1. The van der Waals surface area contributed by atoms with Gasteiger partial charge in [0.15, 0.2) is 0 Å². The zero-order chi connectivity index (χ0) is 12.4. The number of benzene rings is 1. The molecule has 0 radical (unpaired) electrons. The van der Waals surface area contributed by atoms with Gasteiger partial charge >= 0.3 is 6.03 Å². The normalized spacial score (nSPS) is 15.5. The summed E-state index contributed by atoms with van der Waals surface area (Å²) in [5.41, 5.74) is 7.37. The van der Waals surface area contributed by atoms with Gasteiger partial charge in [-0.3, -0.25) is 0 Å². The van der Waals surface area contributed by atoms with Crippen LogP contribution in [0.25, 0.3) is 0 Å². The molecule has 5 heteroatoms. The van der Waals surface area contributed by atoms with Crippen LogP contribution in [0.5, 0.6) is 5.75 Å². The molecule has 0 bridgehead atoms. The number of rotatable bonds is 3. The number of nitrogens with two attached hydrogens (primary N) is 1. The highest BCUT2D eigenvalue weighted by atomic mass is 16.5. The Hall–Kier alpha value is -1.91. The van der Waals surface area contributed by atoms with Crippen molar-refractivity contribution >= 4 is 11.7 Å². The Morgan fingerprint density at radius 1 is 1.41 bits per heavy atom. The molecule has 0 aliphatic carbocycles. The second-order valence-corrected chi connectivity index (χ2v) is 4.20. The Bertz CT molecular complexity index is 434. The van der Waals surface area contributed by atoms with Gasteiger partial charge in [0.25, 0.3) is 0 Å². The maximum atomic E-state index is 11.8. The Kier molecular flexibility index (Phi) is 3.08. The molecule has 2 rings (SSSR count). The average Bonchev–Trinajstić information content (AvgIpc) is 2.61. The summed E-state index contributed by atoms with van der Waals surface area (Å²) < 4.78 is 5.27. The number of likely N-dealkylation sites (N-methyl/N-ethyl adjacent to an activating group) is 1. The van der Waals surface area contributed by atoms with Crippen LogP contribution in [0.3, 0.4) is 0 Å². The van der Waals surface area contributed by atoms with Crippen LogP contribution in [-0.2, 0) is 6.54 Å². The largest absolute Gasteiger partial charge is 0.496 e. The van der Waals surface area contributed by atoms with Crippen LogP contribution in [-0.4, -0.2) is 43.1 Å². The SMILES string of the molecule is COc1ccc(N)cc1CN1CCN(C)C1=O. The van der Waals surface area contributed by atoms with Crippen molar-refractivity contribution in [2.45, 2.75) is 6.54 Å². The minimum atomic E-state index is 0.0504. The van der Waals surface area contributed by atoms with E-state index in [0.29, 0.717) is 12.2 Å². The Morgan fingerprint density at radius 2 is 2.18 bits per heavy atom. The number of urea groups is 1. The van der Waals surface area contributed by atoms with Crippen molar-refractivity contribution in [2.75, 3.05) is 33.0 Å². The third-order valence-corrected chi connectivity index (χ3v) is 2.97. The summed E-state index contributed by atoms with van der Waals surface area (Å²) in [4.78, 5) is 15.3. The van der Waals surface area contributed by atoms with Crippen molar-refractivity contribution in [3.8, 4) is 5.75 Å². The van der Waals surface area contributed by atoms with Crippen molar-refractivity contribution < 1.29 is 9.53 Å². The summed E-state index contributed by atoms with van der Waals surface area (Å²) in [6, 6.07) is 5.52. The van der Waals surface area contributed by atoms with E-state index in [-0.39, 0.29) is 6.03 Å². The molecule has 1 aromatic carbocycles. The molecule has 1 aliphatic heterocycles. The van der Waals surface area contributed by atoms with E-state index >= 15 is 0 Å². The minimum absolute atomic E-state index is 0.0504. The summed E-state index contributed by atoms with van der Waals surface area (Å²) >= 11 is 0. The van der Waals surface area contributed by atoms with Crippen molar-refractivity contribution in [1.82, 2.24) is 9.80 Å². The van der Waals surface area contributed by atoms with Gasteiger partial charge in [-0.15, -0.1) is 0 Å². The molecule has 0 atom stereocenters. The lowest BCUT2D eigenvalue weighted by molar-refractivity contribution is 0.196. The van der Waals surface area contributed by atoms with E-state index in [1.54, 1.807) is 30.0 Å². The monoisotopic (exact) mass is 235 g/mol. The van der Waals surface area contributed by atoms with Crippen molar-refractivity contribution in [1.29, 1.82) is 0 Å². The number of hydrogen-bond donors (Lipinski definition) is 1. The highest BCUT2D eigenvalue weighted by molar-refractivity contribution is 5.76. The van der Waals surface area contributed by atoms with Crippen molar-refractivity contribution in [3.05, 3.63) is 23.8 Å². The van der Waals surface area contributed by atoms with Crippen LogP contribution in [0.2, 0.25) is 0 Å². The van der Waals surface area contributed by atoms with E-state index in [1.165, 1.54) is 0 Å². The summed E-state index contributed by atoms with van der Waals surface area (Å²) in [7, 11) is 3.42. The van der Waals surface area contributed by atoms with Crippen molar-refractivity contribution in [3.63, 3.8) is 0 Å². The van der Waals surface area contributed by atoms with Gasteiger partial charge in [0.1, 0.15) is 5.75 Å². The molecule has 5 nitrogen and oxygen atoms in total. The Morgan fingerprint density at radius 3 is 2.76 bits per heavy atom. The van der Waals surface area contributed by atoms with Gasteiger partial charge in [0.2, 0.25) is 0 Å². The lowest BCUT2D eigenvalue weighted by Crippen LogP contribution is -2.29. The van der Waals surface area contributed by atoms with Crippen LogP contribution in [0, 0.1) is 0 Å². The van der Waals surface area contributed by atoms with Gasteiger partial charge in [-0.05, 0) is 18.2 Å². The fraction of sp³-hybridized carbons (Fsp3) is 0.417. The highest BCUT2D eigenvalue weighted by Crippen LogP contribution is 2.23. The highest BCUT2D eigenvalue weighted by Gasteiger charge is 2.25. The minimum Gasteiger partial charge on any atom is -0.496 e. The molecule has 92 valence electrons. The van der Waals surface area contributed by atoms with E-state index in [9.17, 15) is 4.79 Å². The molecule has 0 unspecified atom stereocenters. The first-order valence-corrected chi connectivity index (χ1v) is 5.54. The van der Waals surface area contributed by atoms with E-state index < -0.39 is 0 Å². The third kappa shape index (κ3) is 2.27. The van der Waals surface area contributed by atoms with Crippen LogP contribution >= 0.6 is 0 Å². The van der Waals surface area contributed by atoms with Gasteiger partial charge in [0.05, 0.1) is 13.7 Å². The number of carbonyl (C=O) groups is 1. The third-order valence-electron chi connectivity index (χ3n) is 2.97. The lowest BCUT2D eigenvalue weighted by atomic mass is 10.1. The lowest BCUT2D eigenvalue weighted by Gasteiger charge is -2.18. The molecule has 2 amide bonds. The van der Waals surface area contributed by atoms with E-state index in [4.69, 9.17) is 10.5 Å². The first kappa shape index (κ1) is 11.6. The van der Waals surface area contributed by atoms with E-state index in [0.717, 1.165) is 24.4 Å². The van der Waals surface area contributed by atoms with Crippen LogP contribution in [0.15, 0.2) is 18.2 Å². The van der Waals surface area contributed by atoms with Crippen LogP contribution < -0.4 is 10.5 Å². The maximum absolute atomic E-state index is 11.8. The smallest absolute Gasteiger partial charge is 0.320 e. The number of ether oxygens (including phenoxy) is 1. The van der Waals surface area contributed by atoms with Gasteiger partial charge in [-0.25, -0.2) is 4.79 Å². The fourth-order valence-corrected chi connectivity index (χ4v) is 1.98. The molecular formula is C12H17N3O2. The molecule has 1 heterocycles.